The van der Waals surface area contributed by atoms with Crippen molar-refractivity contribution >= 4 is 0 Å². The number of nitrogens with one attached hydrogen (secondary N) is 1. The Morgan fingerprint density at radius 1 is 1.64 bits per heavy atom. The molecule has 0 saturated carbocycles. The van der Waals surface area contributed by atoms with Gasteiger partial charge in [-0.3, -0.25) is 4.68 Å². The largest absolute Gasteiger partial charge is 0.380 e. The molecule has 0 saturated heterocycles. The highest BCUT2D eigenvalue weighted by Gasteiger charge is 2.02. The second-order valence-corrected chi connectivity index (χ2v) is 3.40. The van der Waals surface area contributed by atoms with E-state index in [4.69, 9.17) is 4.74 Å². The van der Waals surface area contributed by atoms with Crippen LogP contribution in [0.3, 0.4) is 0 Å². The molecule has 1 unspecified atom stereocenters. The number of ether oxygens (including phenoxy) is 1. The van der Waals surface area contributed by atoms with E-state index in [0.29, 0.717) is 0 Å². The van der Waals surface area contributed by atoms with Gasteiger partial charge in [0, 0.05) is 25.4 Å². The van der Waals surface area contributed by atoms with E-state index in [1.807, 2.05) is 17.8 Å². The zero-order valence-electron chi connectivity index (χ0n) is 9.16. The van der Waals surface area contributed by atoms with Gasteiger partial charge in [0.25, 0.3) is 0 Å². The molecule has 0 aliphatic heterocycles. The number of hydrogen-bond acceptors (Lipinski definition) is 3. The maximum absolute atomic E-state index is 5.17. The van der Waals surface area contributed by atoms with Gasteiger partial charge in [0.1, 0.15) is 0 Å². The van der Waals surface area contributed by atoms with Crippen LogP contribution in [-0.4, -0.2) is 29.5 Å². The van der Waals surface area contributed by atoms with Gasteiger partial charge < -0.3 is 10.1 Å². The van der Waals surface area contributed by atoms with E-state index in [9.17, 15) is 0 Å². The molecule has 14 heavy (non-hydrogen) atoms. The Labute approximate surface area is 85.3 Å². The van der Waals surface area contributed by atoms with Crippen molar-refractivity contribution < 1.29 is 4.74 Å². The predicted octanol–water partition coefficient (Wildman–Crippen LogP) is 1.03. The maximum atomic E-state index is 5.17. The van der Waals surface area contributed by atoms with Crippen molar-refractivity contribution in [2.24, 2.45) is 0 Å². The normalized spacial score (nSPS) is 13.1. The van der Waals surface area contributed by atoms with Crippen LogP contribution in [0, 0.1) is 0 Å². The van der Waals surface area contributed by atoms with Crippen LogP contribution in [0.15, 0.2) is 12.4 Å². The van der Waals surface area contributed by atoms with Gasteiger partial charge in [-0.2, -0.15) is 5.10 Å². The minimum absolute atomic E-state index is 0.210. The smallest absolute Gasteiger partial charge is 0.0739 e. The van der Waals surface area contributed by atoms with Crippen LogP contribution in [0.1, 0.15) is 19.4 Å². The highest BCUT2D eigenvalue weighted by molar-refractivity contribution is 5.03. The lowest BCUT2D eigenvalue weighted by atomic mass is 10.3. The van der Waals surface area contributed by atoms with Crippen molar-refractivity contribution in [3.63, 3.8) is 0 Å². The second-order valence-electron chi connectivity index (χ2n) is 3.40. The average molecular weight is 197 g/mol. The Hall–Kier alpha value is -0.870. The molecular formula is C10H19N3O. The van der Waals surface area contributed by atoms with Crippen LogP contribution in [0.2, 0.25) is 0 Å². The molecular weight excluding hydrogens is 178 g/mol. The summed E-state index contributed by atoms with van der Waals surface area (Å²) in [5, 5.41) is 7.51. The summed E-state index contributed by atoms with van der Waals surface area (Å²) >= 11 is 0. The lowest BCUT2D eigenvalue weighted by molar-refractivity contribution is 0.0998. The van der Waals surface area contributed by atoms with E-state index in [0.717, 1.165) is 19.6 Å². The van der Waals surface area contributed by atoms with E-state index in [1.54, 1.807) is 7.11 Å². The third-order valence-corrected chi connectivity index (χ3v) is 2.11. The first kappa shape index (κ1) is 11.2. The van der Waals surface area contributed by atoms with E-state index >= 15 is 0 Å². The van der Waals surface area contributed by atoms with Gasteiger partial charge in [-0.1, -0.05) is 6.92 Å². The molecule has 0 fully saturated rings. The van der Waals surface area contributed by atoms with E-state index in [1.165, 1.54) is 5.56 Å². The van der Waals surface area contributed by atoms with Crippen LogP contribution in [0.25, 0.3) is 0 Å². The molecule has 1 N–H and O–H groups in total. The third kappa shape index (κ3) is 3.47. The van der Waals surface area contributed by atoms with Crippen LogP contribution in [-0.2, 0) is 17.8 Å². The molecule has 0 radical (unpaired) electrons. The summed E-state index contributed by atoms with van der Waals surface area (Å²) in [5.41, 5.74) is 1.22. The molecule has 4 nitrogen and oxygen atoms in total. The molecule has 0 aliphatic carbocycles. The molecule has 0 aromatic carbocycles. The summed E-state index contributed by atoms with van der Waals surface area (Å²) in [6.07, 6.45) is 4.16. The fourth-order valence-electron chi connectivity index (χ4n) is 1.20. The summed E-state index contributed by atoms with van der Waals surface area (Å²) in [4.78, 5) is 0. The van der Waals surface area contributed by atoms with Crippen molar-refractivity contribution in [2.75, 3.05) is 13.7 Å². The molecule has 1 rings (SSSR count). The number of nitrogens with zero attached hydrogens (tertiary/aromatic N) is 2. The first-order valence-corrected chi connectivity index (χ1v) is 5.01. The standard InChI is InChI=1S/C10H19N3O/c1-4-11-5-10-6-12-13(8-10)7-9(2)14-3/h6,8-9,11H,4-5,7H2,1-3H3. The lowest BCUT2D eigenvalue weighted by Gasteiger charge is -2.08. The molecule has 80 valence electrons. The Morgan fingerprint density at radius 3 is 3.07 bits per heavy atom. The van der Waals surface area contributed by atoms with Crippen LogP contribution in [0.5, 0.6) is 0 Å². The fourth-order valence-corrected chi connectivity index (χ4v) is 1.20. The fraction of sp³-hybridized carbons (Fsp3) is 0.700. The summed E-state index contributed by atoms with van der Waals surface area (Å²) < 4.78 is 7.09. The predicted molar refractivity (Wildman–Crippen MR) is 56.1 cm³/mol. The van der Waals surface area contributed by atoms with Crippen molar-refractivity contribution in [2.45, 2.75) is 33.0 Å². The molecule has 4 heteroatoms. The highest BCUT2D eigenvalue weighted by atomic mass is 16.5. The quantitative estimate of drug-likeness (QED) is 0.740. The summed E-state index contributed by atoms with van der Waals surface area (Å²) in [6.45, 7) is 6.81. The van der Waals surface area contributed by atoms with Crippen molar-refractivity contribution in [3.8, 4) is 0 Å². The SMILES string of the molecule is CCNCc1cnn(CC(C)OC)c1. The van der Waals surface area contributed by atoms with Gasteiger partial charge in [0.2, 0.25) is 0 Å². The Bertz CT molecular complexity index is 260. The Kier molecular flexibility index (Phi) is 4.62. The molecule has 1 heterocycles. The monoisotopic (exact) mass is 197 g/mol. The molecule has 0 bridgehead atoms. The average Bonchev–Trinajstić information content (AvgIpc) is 2.62. The van der Waals surface area contributed by atoms with E-state index in [2.05, 4.69) is 23.5 Å². The third-order valence-electron chi connectivity index (χ3n) is 2.11. The first-order valence-electron chi connectivity index (χ1n) is 5.01. The van der Waals surface area contributed by atoms with Gasteiger partial charge >= 0.3 is 0 Å². The van der Waals surface area contributed by atoms with E-state index in [-0.39, 0.29) is 6.10 Å². The topological polar surface area (TPSA) is 39.1 Å². The van der Waals surface area contributed by atoms with Crippen LogP contribution >= 0.6 is 0 Å². The highest BCUT2D eigenvalue weighted by Crippen LogP contribution is 1.99. The van der Waals surface area contributed by atoms with Gasteiger partial charge in [0.05, 0.1) is 18.8 Å². The van der Waals surface area contributed by atoms with Gasteiger partial charge in [-0.15, -0.1) is 0 Å². The molecule has 1 aromatic heterocycles. The number of methoxy groups -OCH3 is 1. The number of rotatable bonds is 6. The number of aromatic nitrogens is 2. The maximum Gasteiger partial charge on any atom is 0.0739 e. The first-order chi connectivity index (χ1) is 6.76. The van der Waals surface area contributed by atoms with Gasteiger partial charge in [-0.05, 0) is 13.5 Å². The summed E-state index contributed by atoms with van der Waals surface area (Å²) in [5.74, 6) is 0. The Balaban J connectivity index is 2.42. The summed E-state index contributed by atoms with van der Waals surface area (Å²) in [6, 6.07) is 0. The van der Waals surface area contributed by atoms with Crippen LogP contribution < -0.4 is 5.32 Å². The zero-order chi connectivity index (χ0) is 10.4. The molecule has 0 amide bonds. The summed E-state index contributed by atoms with van der Waals surface area (Å²) in [7, 11) is 1.72. The van der Waals surface area contributed by atoms with Crippen LogP contribution in [0.4, 0.5) is 0 Å². The molecule has 1 aromatic rings. The van der Waals surface area contributed by atoms with Gasteiger partial charge in [-0.25, -0.2) is 0 Å². The number of hydrogen-bond donors (Lipinski definition) is 1. The molecule has 1 atom stereocenters. The van der Waals surface area contributed by atoms with Crippen molar-refractivity contribution in [3.05, 3.63) is 18.0 Å². The van der Waals surface area contributed by atoms with Crippen molar-refractivity contribution in [1.29, 1.82) is 0 Å². The van der Waals surface area contributed by atoms with E-state index < -0.39 is 0 Å². The minimum atomic E-state index is 0.210. The molecule has 0 aliphatic rings. The Morgan fingerprint density at radius 2 is 2.43 bits per heavy atom. The second kappa shape index (κ2) is 5.78. The lowest BCUT2D eigenvalue weighted by Crippen LogP contribution is -2.15. The zero-order valence-corrected chi connectivity index (χ0v) is 9.16. The van der Waals surface area contributed by atoms with Gasteiger partial charge in [0.15, 0.2) is 0 Å². The minimum Gasteiger partial charge on any atom is -0.380 e. The molecule has 0 spiro atoms. The van der Waals surface area contributed by atoms with Crippen molar-refractivity contribution in [1.82, 2.24) is 15.1 Å².